The van der Waals surface area contributed by atoms with E-state index >= 15 is 0 Å². The molecule has 11 nitrogen and oxygen atoms in total. The Labute approximate surface area is 208 Å². The topological polar surface area (TPSA) is 146 Å². The van der Waals surface area contributed by atoms with Gasteiger partial charge in [-0.3, -0.25) is 19.7 Å². The number of methoxy groups -OCH3 is 2. The first-order chi connectivity index (χ1) is 17.2. The molecule has 36 heavy (non-hydrogen) atoms. The van der Waals surface area contributed by atoms with Crippen LogP contribution in [0.2, 0.25) is 0 Å². The molecule has 11 heteroatoms. The molecule has 2 N–H and O–H groups in total. The SMILES string of the molecule is COc1cc(NC(=O)C2CCCCC2)c(C(=O)OCC(=O)Nc2ccc(C)cc2[N+](=O)[O-])cc1OC. The molecule has 1 fully saturated rings. The Morgan fingerprint density at radius 2 is 1.64 bits per heavy atom. The van der Waals surface area contributed by atoms with Gasteiger partial charge in [0.15, 0.2) is 18.1 Å². The summed E-state index contributed by atoms with van der Waals surface area (Å²) >= 11 is 0. The van der Waals surface area contributed by atoms with Crippen molar-refractivity contribution in [3.8, 4) is 11.5 Å². The highest BCUT2D eigenvalue weighted by Gasteiger charge is 2.25. The Morgan fingerprint density at radius 1 is 0.972 bits per heavy atom. The molecule has 0 radical (unpaired) electrons. The van der Waals surface area contributed by atoms with Gasteiger partial charge >= 0.3 is 5.97 Å². The van der Waals surface area contributed by atoms with Crippen molar-refractivity contribution in [1.82, 2.24) is 0 Å². The number of amides is 2. The third-order valence-electron chi connectivity index (χ3n) is 5.94. The Hall–Kier alpha value is -4.15. The molecular formula is C25H29N3O8. The number of carbonyl (C=O) groups excluding carboxylic acids is 3. The van der Waals surface area contributed by atoms with Crippen LogP contribution in [0.4, 0.5) is 17.1 Å². The van der Waals surface area contributed by atoms with Crippen molar-refractivity contribution in [2.24, 2.45) is 5.92 Å². The van der Waals surface area contributed by atoms with Crippen molar-refractivity contribution in [3.05, 3.63) is 51.6 Å². The number of nitrogens with one attached hydrogen (secondary N) is 2. The van der Waals surface area contributed by atoms with Crippen LogP contribution in [0.25, 0.3) is 0 Å². The van der Waals surface area contributed by atoms with Crippen LogP contribution >= 0.6 is 0 Å². The van der Waals surface area contributed by atoms with E-state index in [9.17, 15) is 24.5 Å². The number of hydrogen-bond donors (Lipinski definition) is 2. The predicted octanol–water partition coefficient (Wildman–Crippen LogP) is 4.23. The summed E-state index contributed by atoms with van der Waals surface area (Å²) < 4.78 is 15.7. The minimum atomic E-state index is -0.886. The average Bonchev–Trinajstić information content (AvgIpc) is 2.88. The number of ether oxygens (including phenoxy) is 3. The number of nitro groups is 1. The van der Waals surface area contributed by atoms with E-state index in [1.165, 1.54) is 38.5 Å². The molecule has 0 unspecified atom stereocenters. The van der Waals surface area contributed by atoms with E-state index in [4.69, 9.17) is 14.2 Å². The molecule has 2 aromatic carbocycles. The van der Waals surface area contributed by atoms with Gasteiger partial charge in [-0.15, -0.1) is 0 Å². The van der Waals surface area contributed by atoms with Gasteiger partial charge in [0.05, 0.1) is 30.4 Å². The average molecular weight is 500 g/mol. The summed E-state index contributed by atoms with van der Waals surface area (Å²) in [5, 5.41) is 16.4. The normalized spacial score (nSPS) is 13.4. The second-order valence-corrected chi connectivity index (χ2v) is 8.48. The first-order valence-corrected chi connectivity index (χ1v) is 11.5. The molecule has 0 heterocycles. The largest absolute Gasteiger partial charge is 0.493 e. The number of esters is 1. The minimum Gasteiger partial charge on any atom is -0.493 e. The second kappa shape index (κ2) is 12.0. The van der Waals surface area contributed by atoms with Crippen LogP contribution in [-0.2, 0) is 14.3 Å². The molecule has 192 valence electrons. The smallest absolute Gasteiger partial charge is 0.340 e. The lowest BCUT2D eigenvalue weighted by Crippen LogP contribution is -2.26. The number of nitro benzene ring substituents is 1. The van der Waals surface area contributed by atoms with Gasteiger partial charge in [-0.25, -0.2) is 4.79 Å². The molecule has 0 aromatic heterocycles. The van der Waals surface area contributed by atoms with Gasteiger partial charge in [-0.2, -0.15) is 0 Å². The molecule has 0 aliphatic heterocycles. The summed E-state index contributed by atoms with van der Waals surface area (Å²) in [5.41, 5.74) is 0.511. The number of rotatable bonds is 9. The third kappa shape index (κ3) is 6.49. The monoisotopic (exact) mass is 499 g/mol. The highest BCUT2D eigenvalue weighted by Crippen LogP contribution is 2.35. The number of anilines is 2. The Kier molecular flexibility index (Phi) is 8.82. The van der Waals surface area contributed by atoms with E-state index in [-0.39, 0.29) is 40.2 Å². The lowest BCUT2D eigenvalue weighted by Gasteiger charge is -2.22. The van der Waals surface area contributed by atoms with Gasteiger partial charge in [-0.1, -0.05) is 25.3 Å². The van der Waals surface area contributed by atoms with E-state index in [1.807, 2.05) is 0 Å². The lowest BCUT2D eigenvalue weighted by molar-refractivity contribution is -0.384. The fourth-order valence-electron chi connectivity index (χ4n) is 4.04. The van der Waals surface area contributed by atoms with Crippen LogP contribution in [0.5, 0.6) is 11.5 Å². The summed E-state index contributed by atoms with van der Waals surface area (Å²) in [6.07, 6.45) is 4.56. The second-order valence-electron chi connectivity index (χ2n) is 8.48. The molecule has 1 aliphatic rings. The summed E-state index contributed by atoms with van der Waals surface area (Å²) in [6, 6.07) is 7.17. The van der Waals surface area contributed by atoms with Crippen LogP contribution in [0.15, 0.2) is 30.3 Å². The Morgan fingerprint density at radius 3 is 2.28 bits per heavy atom. The number of carbonyl (C=O) groups is 3. The Bertz CT molecular complexity index is 1160. The molecule has 0 atom stereocenters. The molecule has 0 bridgehead atoms. The van der Waals surface area contributed by atoms with Crippen LogP contribution in [0.3, 0.4) is 0 Å². The van der Waals surface area contributed by atoms with Crippen molar-refractivity contribution in [2.45, 2.75) is 39.0 Å². The van der Waals surface area contributed by atoms with Gasteiger partial charge in [0.1, 0.15) is 5.69 Å². The quantitative estimate of drug-likeness (QED) is 0.296. The van der Waals surface area contributed by atoms with Gasteiger partial charge < -0.3 is 24.8 Å². The highest BCUT2D eigenvalue weighted by atomic mass is 16.6. The molecule has 1 aliphatic carbocycles. The van der Waals surface area contributed by atoms with Gasteiger partial charge in [0.2, 0.25) is 5.91 Å². The first-order valence-electron chi connectivity index (χ1n) is 11.5. The fourth-order valence-corrected chi connectivity index (χ4v) is 4.04. The molecule has 3 rings (SSSR count). The number of benzene rings is 2. The van der Waals surface area contributed by atoms with E-state index < -0.39 is 23.4 Å². The summed E-state index contributed by atoms with van der Waals surface area (Å²) in [7, 11) is 2.83. The number of aryl methyl sites for hydroxylation is 1. The molecule has 2 amide bonds. The van der Waals surface area contributed by atoms with Crippen LogP contribution < -0.4 is 20.1 Å². The summed E-state index contributed by atoms with van der Waals surface area (Å²) in [6.45, 7) is 0.988. The van der Waals surface area contributed by atoms with E-state index in [0.29, 0.717) is 11.3 Å². The van der Waals surface area contributed by atoms with Crippen molar-refractivity contribution in [1.29, 1.82) is 0 Å². The van der Waals surface area contributed by atoms with Crippen molar-refractivity contribution in [3.63, 3.8) is 0 Å². The van der Waals surface area contributed by atoms with E-state index in [0.717, 1.165) is 32.1 Å². The van der Waals surface area contributed by atoms with Crippen molar-refractivity contribution >= 4 is 34.8 Å². The number of hydrogen-bond acceptors (Lipinski definition) is 8. The standard InChI is InChI=1S/C25H29N3O8/c1-15-9-10-18(20(11-15)28(32)33)26-23(29)14-36-25(31)17-12-21(34-2)22(35-3)13-19(17)27-24(30)16-7-5-4-6-8-16/h9-13,16H,4-8,14H2,1-3H3,(H,26,29)(H,27,30). The van der Waals surface area contributed by atoms with Gasteiger partial charge in [0, 0.05) is 24.1 Å². The van der Waals surface area contributed by atoms with Gasteiger partial charge in [-0.05, 0) is 31.4 Å². The summed E-state index contributed by atoms with van der Waals surface area (Å²) in [5.74, 6) is -1.48. The predicted molar refractivity (Wildman–Crippen MR) is 131 cm³/mol. The highest BCUT2D eigenvalue weighted by molar-refractivity contribution is 6.04. The first kappa shape index (κ1) is 26.5. The fraction of sp³-hybridized carbons (Fsp3) is 0.400. The third-order valence-corrected chi connectivity index (χ3v) is 5.94. The van der Waals surface area contributed by atoms with Crippen LogP contribution in [0, 0.1) is 23.0 Å². The van der Waals surface area contributed by atoms with E-state index in [1.54, 1.807) is 13.0 Å². The van der Waals surface area contributed by atoms with Crippen LogP contribution in [-0.4, -0.2) is 43.5 Å². The molecule has 1 saturated carbocycles. The zero-order chi connectivity index (χ0) is 26.2. The number of nitrogens with zero attached hydrogens (tertiary/aromatic N) is 1. The maximum atomic E-state index is 12.9. The minimum absolute atomic E-state index is 0.0156. The van der Waals surface area contributed by atoms with Crippen molar-refractivity contribution < 1.29 is 33.5 Å². The zero-order valence-corrected chi connectivity index (χ0v) is 20.4. The molecule has 0 saturated heterocycles. The molecule has 0 spiro atoms. The van der Waals surface area contributed by atoms with Crippen LogP contribution in [0.1, 0.15) is 48.0 Å². The Balaban J connectivity index is 1.75. The lowest BCUT2D eigenvalue weighted by atomic mass is 9.88. The van der Waals surface area contributed by atoms with Crippen molar-refractivity contribution in [2.75, 3.05) is 31.5 Å². The molecule has 2 aromatic rings. The maximum Gasteiger partial charge on any atom is 0.340 e. The van der Waals surface area contributed by atoms with Gasteiger partial charge in [0.25, 0.3) is 11.6 Å². The summed E-state index contributed by atoms with van der Waals surface area (Å²) in [4.78, 5) is 48.8. The van der Waals surface area contributed by atoms with E-state index in [2.05, 4.69) is 10.6 Å². The maximum absolute atomic E-state index is 12.9. The zero-order valence-electron chi connectivity index (χ0n) is 20.4. The molecular weight excluding hydrogens is 470 g/mol.